The first-order chi connectivity index (χ1) is 9.49. The van der Waals surface area contributed by atoms with Crippen LogP contribution in [0.2, 0.25) is 0 Å². The third-order valence-electron chi connectivity index (χ3n) is 3.84. The number of carboxylic acid groups (broad SMARTS) is 1. The fourth-order valence-corrected chi connectivity index (χ4v) is 1.54. The van der Waals surface area contributed by atoms with Crippen molar-refractivity contribution >= 4 is 17.6 Å². The lowest BCUT2D eigenvalue weighted by Crippen LogP contribution is -2.56. The molecule has 0 radical (unpaired) electrons. The van der Waals surface area contributed by atoms with E-state index in [4.69, 9.17) is 0 Å². The molecule has 114 valence electrons. The molecule has 0 heterocycles. The van der Waals surface area contributed by atoms with Crippen LogP contribution in [0, 0.1) is 15.5 Å². The number of nitrogens with zero attached hydrogens (tertiary/aromatic N) is 1. The number of non-ortho nitro benzene ring substituents is 1. The molecule has 0 atom stereocenters. The summed E-state index contributed by atoms with van der Waals surface area (Å²) in [6.45, 7) is 6.19. The van der Waals surface area contributed by atoms with Gasteiger partial charge < -0.3 is 10.4 Å². The molecule has 0 aliphatic heterocycles. The molecule has 0 aliphatic carbocycles. The first kappa shape index (κ1) is 16.6. The molecule has 0 aliphatic rings. The summed E-state index contributed by atoms with van der Waals surface area (Å²) in [5, 5.41) is 22.6. The van der Waals surface area contributed by atoms with Crippen LogP contribution in [-0.2, 0) is 4.79 Å². The molecule has 1 amide bonds. The lowest BCUT2D eigenvalue weighted by atomic mass is 9.74. The highest BCUT2D eigenvalue weighted by Gasteiger charge is 2.44. The largest absolute Gasteiger partial charge is 0.481 e. The molecule has 1 aromatic carbocycles. The Morgan fingerprint density at radius 2 is 1.81 bits per heavy atom. The summed E-state index contributed by atoms with van der Waals surface area (Å²) in [6.07, 6.45) is 0. The molecule has 0 fully saturated rings. The van der Waals surface area contributed by atoms with E-state index in [0.29, 0.717) is 0 Å². The molecule has 0 saturated heterocycles. The van der Waals surface area contributed by atoms with Crippen LogP contribution in [-0.4, -0.2) is 27.4 Å². The van der Waals surface area contributed by atoms with Crippen LogP contribution in [0.5, 0.6) is 0 Å². The van der Waals surface area contributed by atoms with Gasteiger partial charge in [0.1, 0.15) is 0 Å². The number of carbonyl (C=O) groups is 2. The van der Waals surface area contributed by atoms with Crippen LogP contribution in [0.25, 0.3) is 0 Å². The first-order valence-corrected chi connectivity index (χ1v) is 6.29. The second-order valence-electron chi connectivity index (χ2n) is 5.82. The number of amides is 1. The fourth-order valence-electron chi connectivity index (χ4n) is 1.54. The van der Waals surface area contributed by atoms with Crippen LogP contribution in [0.4, 0.5) is 5.69 Å². The summed E-state index contributed by atoms with van der Waals surface area (Å²) in [6, 6.07) is 5.27. The molecular formula is C14H18N2O5. The Kier molecular flexibility index (Phi) is 4.36. The van der Waals surface area contributed by atoms with Gasteiger partial charge in [0.2, 0.25) is 0 Å². The van der Waals surface area contributed by atoms with Crippen molar-refractivity contribution in [2.75, 3.05) is 0 Å². The van der Waals surface area contributed by atoms with Crippen molar-refractivity contribution in [1.82, 2.24) is 5.32 Å². The Labute approximate surface area is 122 Å². The smallest absolute Gasteiger partial charge is 0.311 e. The fraction of sp³-hybridized carbons (Fsp3) is 0.429. The summed E-state index contributed by atoms with van der Waals surface area (Å²) in [7, 11) is 0. The maximum atomic E-state index is 12.2. The van der Waals surface area contributed by atoms with E-state index in [1.807, 2.05) is 0 Å². The van der Waals surface area contributed by atoms with Gasteiger partial charge in [-0.05, 0) is 33.8 Å². The van der Waals surface area contributed by atoms with E-state index in [0.717, 1.165) is 6.07 Å². The second kappa shape index (κ2) is 5.51. The Morgan fingerprint density at radius 3 is 2.29 bits per heavy atom. The van der Waals surface area contributed by atoms with Crippen molar-refractivity contribution in [1.29, 1.82) is 0 Å². The molecule has 7 heteroatoms. The van der Waals surface area contributed by atoms with Gasteiger partial charge in [-0.25, -0.2) is 0 Å². The van der Waals surface area contributed by atoms with E-state index < -0.39 is 27.8 Å². The maximum Gasteiger partial charge on any atom is 0.311 e. The van der Waals surface area contributed by atoms with Gasteiger partial charge in [-0.15, -0.1) is 0 Å². The standard InChI is InChI=1S/C14H18N2O5/c1-13(2,12(18)19)14(3,4)15-11(17)9-6-5-7-10(8-9)16(20)21/h5-8H,1-4H3,(H,15,17)(H,18,19). The van der Waals surface area contributed by atoms with Crippen LogP contribution in [0.15, 0.2) is 24.3 Å². The van der Waals surface area contributed by atoms with Crippen molar-refractivity contribution in [3.05, 3.63) is 39.9 Å². The van der Waals surface area contributed by atoms with Gasteiger partial charge in [-0.2, -0.15) is 0 Å². The number of hydrogen-bond acceptors (Lipinski definition) is 4. The highest BCUT2D eigenvalue weighted by atomic mass is 16.6. The minimum Gasteiger partial charge on any atom is -0.481 e. The summed E-state index contributed by atoms with van der Waals surface area (Å²) < 4.78 is 0. The molecule has 1 rings (SSSR count). The number of benzene rings is 1. The number of nitrogens with one attached hydrogen (secondary N) is 1. The predicted molar refractivity (Wildman–Crippen MR) is 76.1 cm³/mol. The molecule has 0 aromatic heterocycles. The number of aliphatic carboxylic acids is 1. The predicted octanol–water partition coefficient (Wildman–Crippen LogP) is 2.21. The topological polar surface area (TPSA) is 110 Å². The Morgan fingerprint density at radius 1 is 1.24 bits per heavy atom. The average molecular weight is 294 g/mol. The van der Waals surface area contributed by atoms with Crippen LogP contribution in [0.1, 0.15) is 38.1 Å². The minimum absolute atomic E-state index is 0.110. The van der Waals surface area contributed by atoms with E-state index in [-0.39, 0.29) is 11.3 Å². The molecule has 7 nitrogen and oxygen atoms in total. The van der Waals surface area contributed by atoms with Crippen LogP contribution in [0.3, 0.4) is 0 Å². The normalized spacial score (nSPS) is 11.8. The van der Waals surface area contributed by atoms with Crippen LogP contribution >= 0.6 is 0 Å². The van der Waals surface area contributed by atoms with Crippen molar-refractivity contribution < 1.29 is 19.6 Å². The third kappa shape index (κ3) is 3.36. The van der Waals surface area contributed by atoms with E-state index in [1.54, 1.807) is 13.8 Å². The van der Waals surface area contributed by atoms with Crippen molar-refractivity contribution in [2.24, 2.45) is 5.41 Å². The lowest BCUT2D eigenvalue weighted by molar-refractivity contribution is -0.384. The van der Waals surface area contributed by atoms with Gasteiger partial charge >= 0.3 is 5.97 Å². The zero-order chi connectivity index (χ0) is 16.4. The van der Waals surface area contributed by atoms with Gasteiger partial charge in [0, 0.05) is 17.7 Å². The zero-order valence-electron chi connectivity index (χ0n) is 12.3. The van der Waals surface area contributed by atoms with Gasteiger partial charge in [0.05, 0.1) is 15.9 Å². The second-order valence-corrected chi connectivity index (χ2v) is 5.82. The average Bonchev–Trinajstić information content (AvgIpc) is 2.37. The number of rotatable bonds is 5. The van der Waals surface area contributed by atoms with Crippen molar-refractivity contribution in [3.63, 3.8) is 0 Å². The number of hydrogen-bond donors (Lipinski definition) is 2. The first-order valence-electron chi connectivity index (χ1n) is 6.29. The minimum atomic E-state index is -1.20. The van der Waals surface area contributed by atoms with Crippen molar-refractivity contribution in [2.45, 2.75) is 33.2 Å². The molecule has 21 heavy (non-hydrogen) atoms. The van der Waals surface area contributed by atoms with Gasteiger partial charge in [-0.3, -0.25) is 19.7 Å². The summed E-state index contributed by atoms with van der Waals surface area (Å²) in [5.41, 5.74) is -2.33. The Bertz CT molecular complexity index is 593. The highest BCUT2D eigenvalue weighted by molar-refractivity contribution is 5.95. The van der Waals surface area contributed by atoms with Crippen molar-refractivity contribution in [3.8, 4) is 0 Å². The van der Waals surface area contributed by atoms with Gasteiger partial charge in [-0.1, -0.05) is 6.07 Å². The Balaban J connectivity index is 3.03. The highest BCUT2D eigenvalue weighted by Crippen LogP contribution is 2.31. The van der Waals surface area contributed by atoms with Crippen LogP contribution < -0.4 is 5.32 Å². The summed E-state index contributed by atoms with van der Waals surface area (Å²) in [4.78, 5) is 33.6. The molecule has 0 spiro atoms. The monoisotopic (exact) mass is 294 g/mol. The zero-order valence-corrected chi connectivity index (χ0v) is 12.3. The van der Waals surface area contributed by atoms with E-state index in [9.17, 15) is 24.8 Å². The van der Waals surface area contributed by atoms with Gasteiger partial charge in [0.15, 0.2) is 0 Å². The number of nitro groups is 1. The molecular weight excluding hydrogens is 276 g/mol. The van der Waals surface area contributed by atoms with Gasteiger partial charge in [0.25, 0.3) is 11.6 Å². The number of nitro benzene ring substituents is 1. The van der Waals surface area contributed by atoms with E-state index in [2.05, 4.69) is 5.32 Å². The quantitative estimate of drug-likeness (QED) is 0.639. The summed E-state index contributed by atoms with van der Waals surface area (Å²) >= 11 is 0. The molecule has 2 N–H and O–H groups in total. The Hall–Kier alpha value is -2.44. The number of carbonyl (C=O) groups excluding carboxylic acids is 1. The summed E-state index contributed by atoms with van der Waals surface area (Å²) in [5.74, 6) is -1.61. The third-order valence-corrected chi connectivity index (χ3v) is 3.84. The molecule has 0 unspecified atom stereocenters. The maximum absolute atomic E-state index is 12.2. The van der Waals surface area contributed by atoms with E-state index >= 15 is 0 Å². The lowest BCUT2D eigenvalue weighted by Gasteiger charge is -2.38. The molecule has 0 saturated carbocycles. The number of carboxylic acids is 1. The molecule has 1 aromatic rings. The molecule has 0 bridgehead atoms. The SMILES string of the molecule is CC(C)(NC(=O)c1cccc([N+](=O)[O-])c1)C(C)(C)C(=O)O. The van der Waals surface area contributed by atoms with E-state index in [1.165, 1.54) is 32.0 Å².